The first kappa shape index (κ1) is 22.0. The number of aromatic nitrogens is 2. The molecule has 3 heterocycles. The summed E-state index contributed by atoms with van der Waals surface area (Å²) in [4.78, 5) is 36.8. The van der Waals surface area contributed by atoms with Gasteiger partial charge in [-0.1, -0.05) is 23.1 Å². The molecule has 0 saturated carbocycles. The number of nitrogens with one attached hydrogen (secondary N) is 1. The standard InChI is InChI=1S/C13H11F3N4O5S4/c14-13(15,16)29(25)3-6(21)18-7-9(22)20-8(11(23)24)5(1-26-10(7)20)2-27-12-19-17-4-28-12/h4,7,10H,1-3H2,(H,18,21)(H,23,24)/t7?,10-,29?/m1/s1. The molecule has 2 aliphatic rings. The zero-order valence-electron chi connectivity index (χ0n) is 14.0. The number of carboxylic acid groups (broad SMARTS) is 1. The average molecular weight is 489 g/mol. The predicted molar refractivity (Wildman–Crippen MR) is 99.4 cm³/mol. The van der Waals surface area contributed by atoms with E-state index >= 15 is 0 Å². The van der Waals surface area contributed by atoms with Crippen LogP contribution in [0.2, 0.25) is 0 Å². The van der Waals surface area contributed by atoms with E-state index in [-0.39, 0.29) is 17.2 Å². The molecule has 0 bridgehead atoms. The van der Waals surface area contributed by atoms with Crippen LogP contribution in [0, 0.1) is 0 Å². The summed E-state index contributed by atoms with van der Waals surface area (Å²) in [5.41, 5.74) is -3.24. The summed E-state index contributed by atoms with van der Waals surface area (Å²) in [5.74, 6) is -4.07. The van der Waals surface area contributed by atoms with Crippen molar-refractivity contribution in [3.05, 3.63) is 16.8 Å². The summed E-state index contributed by atoms with van der Waals surface area (Å²) in [6.07, 6.45) is 0. The lowest BCUT2D eigenvalue weighted by Gasteiger charge is -2.49. The van der Waals surface area contributed by atoms with E-state index in [4.69, 9.17) is 0 Å². The second kappa shape index (κ2) is 8.61. The number of carboxylic acids is 1. The van der Waals surface area contributed by atoms with E-state index in [2.05, 4.69) is 15.5 Å². The van der Waals surface area contributed by atoms with E-state index in [1.54, 1.807) is 0 Å². The van der Waals surface area contributed by atoms with E-state index in [9.17, 15) is 36.9 Å². The molecule has 2 N–H and O–H groups in total. The zero-order valence-corrected chi connectivity index (χ0v) is 17.3. The van der Waals surface area contributed by atoms with Gasteiger partial charge in [-0.2, -0.15) is 13.2 Å². The number of β-lactam (4-membered cyclic amide) rings is 1. The van der Waals surface area contributed by atoms with Crippen molar-refractivity contribution in [1.29, 1.82) is 0 Å². The van der Waals surface area contributed by atoms with Crippen LogP contribution < -0.4 is 5.32 Å². The van der Waals surface area contributed by atoms with E-state index < -0.39 is 51.3 Å². The first-order valence-electron chi connectivity index (χ1n) is 7.63. The zero-order chi connectivity index (χ0) is 21.3. The number of thioether (sulfide) groups is 2. The molecule has 3 rings (SSSR count). The van der Waals surface area contributed by atoms with Crippen molar-refractivity contribution in [2.45, 2.75) is 21.3 Å². The number of hydrogen-bond donors (Lipinski definition) is 2. The Labute approximate surface area is 175 Å². The summed E-state index contributed by atoms with van der Waals surface area (Å²) in [6.45, 7) is 0. The van der Waals surface area contributed by atoms with Gasteiger partial charge in [-0.3, -0.25) is 14.5 Å². The topological polar surface area (TPSA) is 130 Å². The van der Waals surface area contributed by atoms with Gasteiger partial charge in [0, 0.05) is 11.5 Å². The number of fused-ring (bicyclic) bond motifs is 1. The second-order valence-corrected chi connectivity index (χ2v) is 10.2. The van der Waals surface area contributed by atoms with Crippen LogP contribution in [0.15, 0.2) is 21.1 Å². The Morgan fingerprint density at radius 3 is 2.76 bits per heavy atom. The molecule has 2 unspecified atom stereocenters. The minimum Gasteiger partial charge on any atom is -0.477 e. The van der Waals surface area contributed by atoms with Gasteiger partial charge in [0.1, 0.15) is 39.2 Å². The Morgan fingerprint density at radius 1 is 1.45 bits per heavy atom. The molecule has 0 radical (unpaired) electrons. The third-order valence-corrected chi connectivity index (χ3v) is 8.12. The molecule has 1 aromatic heterocycles. The maximum atomic E-state index is 12.4. The molecule has 1 saturated heterocycles. The van der Waals surface area contributed by atoms with Crippen molar-refractivity contribution in [2.75, 3.05) is 17.3 Å². The van der Waals surface area contributed by atoms with Crippen molar-refractivity contribution in [2.24, 2.45) is 0 Å². The Morgan fingerprint density at radius 2 is 2.17 bits per heavy atom. The highest BCUT2D eigenvalue weighted by molar-refractivity contribution is 8.01. The minimum absolute atomic E-state index is 0.208. The van der Waals surface area contributed by atoms with Crippen LogP contribution in [-0.2, 0) is 25.2 Å². The Balaban J connectivity index is 1.67. The predicted octanol–water partition coefficient (Wildman–Crippen LogP) is 0.637. The molecule has 29 heavy (non-hydrogen) atoms. The molecule has 2 amide bonds. The summed E-state index contributed by atoms with van der Waals surface area (Å²) in [7, 11) is -3.38. The highest BCUT2D eigenvalue weighted by Gasteiger charge is 2.54. The molecule has 1 aromatic rings. The van der Waals surface area contributed by atoms with Gasteiger partial charge >= 0.3 is 11.5 Å². The lowest BCUT2D eigenvalue weighted by Crippen LogP contribution is -2.71. The van der Waals surface area contributed by atoms with Gasteiger partial charge < -0.3 is 10.4 Å². The SMILES string of the molecule is O=C(CS(=O)C(F)(F)F)NC1C(=O)N2C(C(=O)O)=C(CSc3nncs3)CS[C@H]12. The van der Waals surface area contributed by atoms with E-state index in [0.29, 0.717) is 9.91 Å². The fourth-order valence-electron chi connectivity index (χ4n) is 2.59. The van der Waals surface area contributed by atoms with Gasteiger partial charge in [0.05, 0.1) is 0 Å². The van der Waals surface area contributed by atoms with Crippen molar-refractivity contribution < 1.29 is 36.9 Å². The van der Waals surface area contributed by atoms with Gasteiger partial charge in [-0.25, -0.2) is 9.00 Å². The fourth-order valence-corrected chi connectivity index (χ4v) is 6.04. The number of hydrogen-bond acceptors (Lipinski definition) is 9. The minimum atomic E-state index is -5.04. The van der Waals surface area contributed by atoms with Gasteiger partial charge in [0.25, 0.3) is 5.91 Å². The van der Waals surface area contributed by atoms with Crippen LogP contribution in [0.4, 0.5) is 13.2 Å². The van der Waals surface area contributed by atoms with Crippen molar-refractivity contribution >= 4 is 63.4 Å². The van der Waals surface area contributed by atoms with Crippen LogP contribution in [0.5, 0.6) is 0 Å². The van der Waals surface area contributed by atoms with Gasteiger partial charge in [0.15, 0.2) is 4.34 Å². The molecule has 2 aliphatic heterocycles. The molecule has 158 valence electrons. The average Bonchev–Trinajstić information content (AvgIpc) is 3.16. The fraction of sp³-hybridized carbons (Fsp3) is 0.462. The summed E-state index contributed by atoms with van der Waals surface area (Å²) < 4.78 is 48.6. The second-order valence-electron chi connectivity index (χ2n) is 5.64. The first-order valence-corrected chi connectivity index (χ1v) is 11.9. The van der Waals surface area contributed by atoms with E-state index in [1.807, 2.05) is 0 Å². The third kappa shape index (κ3) is 4.75. The lowest BCUT2D eigenvalue weighted by atomic mass is 10.0. The number of rotatable bonds is 7. The van der Waals surface area contributed by atoms with Gasteiger partial charge in [0.2, 0.25) is 5.91 Å². The van der Waals surface area contributed by atoms with Gasteiger partial charge in [-0.15, -0.1) is 22.0 Å². The molecule has 9 nitrogen and oxygen atoms in total. The quantitative estimate of drug-likeness (QED) is 0.419. The van der Waals surface area contributed by atoms with Crippen molar-refractivity contribution in [3.8, 4) is 0 Å². The van der Waals surface area contributed by atoms with Crippen LogP contribution in [-0.4, -0.2) is 76.4 Å². The number of aliphatic carboxylic acids is 1. The number of carbonyl (C=O) groups is 3. The Hall–Kier alpha value is -1.65. The lowest BCUT2D eigenvalue weighted by molar-refractivity contribution is -0.150. The molecule has 16 heteroatoms. The highest BCUT2D eigenvalue weighted by Crippen LogP contribution is 2.41. The monoisotopic (exact) mass is 488 g/mol. The number of alkyl halides is 3. The van der Waals surface area contributed by atoms with Crippen molar-refractivity contribution in [1.82, 2.24) is 20.4 Å². The molecule has 0 aromatic carbocycles. The number of halogens is 3. The van der Waals surface area contributed by atoms with E-state index in [1.165, 1.54) is 40.4 Å². The van der Waals surface area contributed by atoms with Crippen LogP contribution in [0.25, 0.3) is 0 Å². The maximum Gasteiger partial charge on any atom is 0.471 e. The van der Waals surface area contributed by atoms with Crippen molar-refractivity contribution in [3.63, 3.8) is 0 Å². The molecule has 0 spiro atoms. The summed E-state index contributed by atoms with van der Waals surface area (Å²) in [5, 5.41) is 18.4. The number of nitrogens with zero attached hydrogens (tertiary/aromatic N) is 3. The summed E-state index contributed by atoms with van der Waals surface area (Å²) >= 11 is 3.73. The first-order chi connectivity index (χ1) is 13.6. The molecule has 1 fully saturated rings. The molecular formula is C13H11F3N4O5S4. The third-order valence-electron chi connectivity index (χ3n) is 3.80. The Kier molecular flexibility index (Phi) is 6.54. The maximum absolute atomic E-state index is 12.4. The van der Waals surface area contributed by atoms with Crippen LogP contribution >= 0.6 is 34.9 Å². The molecule has 3 atom stereocenters. The number of carbonyl (C=O) groups excluding carboxylic acids is 2. The Bertz CT molecular complexity index is 892. The summed E-state index contributed by atoms with van der Waals surface area (Å²) in [6, 6.07) is -1.18. The smallest absolute Gasteiger partial charge is 0.471 e. The van der Waals surface area contributed by atoms with Gasteiger partial charge in [-0.05, 0) is 5.57 Å². The molecule has 0 aliphatic carbocycles. The highest BCUT2D eigenvalue weighted by atomic mass is 32.2. The normalized spacial score (nSPS) is 22.7. The molecular weight excluding hydrogens is 477 g/mol. The van der Waals surface area contributed by atoms with Crippen LogP contribution in [0.3, 0.4) is 0 Å². The largest absolute Gasteiger partial charge is 0.477 e. The van der Waals surface area contributed by atoms with E-state index in [0.717, 1.165) is 4.90 Å². The van der Waals surface area contributed by atoms with Crippen LogP contribution in [0.1, 0.15) is 0 Å². The number of amides is 2.